The Kier molecular flexibility index (Phi) is 25.1. The summed E-state index contributed by atoms with van der Waals surface area (Å²) in [7, 11) is -4.22. The second kappa shape index (κ2) is 29.2. The number of nitrogens with one attached hydrogen (secondary N) is 4. The van der Waals surface area contributed by atoms with Crippen LogP contribution in [0.4, 0.5) is 0 Å². The summed E-state index contributed by atoms with van der Waals surface area (Å²) in [5, 5.41) is 20.2. The van der Waals surface area contributed by atoms with Gasteiger partial charge in [-0.25, -0.2) is 8.42 Å². The first kappa shape index (κ1) is 60.1. The van der Waals surface area contributed by atoms with Crippen molar-refractivity contribution in [2.75, 3.05) is 11.5 Å². The Labute approximate surface area is 409 Å². The number of hydrogen-bond acceptors (Lipinski definition) is 14. The molecule has 1 aliphatic heterocycles. The Hall–Kier alpha value is -6.06. The predicted octanol–water partition coefficient (Wildman–Crippen LogP) is 0.677. The molecular weight excluding hydrogens is 931 g/mol. The van der Waals surface area contributed by atoms with E-state index in [1.165, 1.54) is 24.3 Å². The summed E-state index contributed by atoms with van der Waals surface area (Å²) in [5.41, 5.74) is 16.7. The Morgan fingerprint density at radius 1 is 0.786 bits per heavy atom. The number of nitrogens with two attached hydrogens (primary N) is 3. The molecule has 21 nitrogen and oxygen atoms in total. The predicted molar refractivity (Wildman–Crippen MR) is 256 cm³/mol. The molecule has 0 radical (unpaired) electrons. The van der Waals surface area contributed by atoms with Crippen molar-refractivity contribution in [3.63, 3.8) is 0 Å². The van der Waals surface area contributed by atoms with Crippen LogP contribution in [0.2, 0.25) is 0 Å². The van der Waals surface area contributed by atoms with Gasteiger partial charge in [0.05, 0.1) is 41.6 Å². The lowest BCUT2D eigenvalue weighted by molar-refractivity contribution is -0.137. The molecule has 0 aromatic heterocycles. The number of carbonyl (C=O) groups excluding carboxylic acids is 11. The highest BCUT2D eigenvalue weighted by atomic mass is 32.2. The molecule has 0 bridgehead atoms. The molecule has 0 spiro atoms. The van der Waals surface area contributed by atoms with E-state index in [0.717, 1.165) is 0 Å². The summed E-state index contributed by atoms with van der Waals surface area (Å²) in [6, 6.07) is 0.316. The Morgan fingerprint density at radius 2 is 1.41 bits per heavy atom. The SMILES string of the molecule is CCC[C@H](CC(=O)[C@@H]1CCS(=O)(=O)CCC(=O)N[C@@H](Cc2ccc(O)cc2)C(=O)C[C@@H]([C@@H](C)CC)C(=O)N[C@@H](CCC(N)=O)C(=O)C[C@@H](CC(N)=O)C(=O)N1)C(=O)N[C@@H](CC(C)C)C(=O)CCC(N)=O. The van der Waals surface area contributed by atoms with E-state index in [9.17, 15) is 66.3 Å². The number of primary amides is 3. The number of ketones is 4. The van der Waals surface area contributed by atoms with Gasteiger partial charge in [-0.3, -0.25) is 52.7 Å². The number of benzene rings is 1. The zero-order valence-electron chi connectivity index (χ0n) is 40.9. The number of Topliss-reactive ketones (excluding diaryl/α,β-unsaturated/α-hetero) is 4. The Balaban J connectivity index is 2.69. The number of amides is 7. The van der Waals surface area contributed by atoms with Gasteiger partial charge in [-0.1, -0.05) is 59.6 Å². The smallest absolute Gasteiger partial charge is 0.224 e. The third-order valence-electron chi connectivity index (χ3n) is 12.4. The molecule has 2 rings (SSSR count). The fraction of sp³-hybridized carbons (Fsp3) is 0.646. The quantitative estimate of drug-likeness (QED) is 0.0792. The molecule has 390 valence electrons. The molecule has 8 atom stereocenters. The molecule has 1 aromatic carbocycles. The zero-order chi connectivity index (χ0) is 52.9. The van der Waals surface area contributed by atoms with E-state index in [4.69, 9.17) is 17.2 Å². The van der Waals surface area contributed by atoms with Gasteiger partial charge in [-0.2, -0.15) is 0 Å². The van der Waals surface area contributed by atoms with E-state index < -0.39 is 179 Å². The molecule has 1 heterocycles. The van der Waals surface area contributed by atoms with E-state index in [2.05, 4.69) is 21.3 Å². The van der Waals surface area contributed by atoms with Crippen molar-refractivity contribution in [2.45, 2.75) is 155 Å². The lowest BCUT2D eigenvalue weighted by Gasteiger charge is -2.28. The van der Waals surface area contributed by atoms with Crippen LogP contribution < -0.4 is 38.5 Å². The summed E-state index contributed by atoms with van der Waals surface area (Å²) in [5.74, 6) is -14.7. The first-order valence-corrected chi connectivity index (χ1v) is 25.7. The standard InChI is InChI=1S/C48H73N7O14S/c1-6-8-30(46(65)55-36(21-27(3)4)38(57)14-16-43(50)62)23-39(58)35-17-19-70(68,69)20-18-45(64)52-37(22-29-9-11-32(56)12-10-29)41(60)26-33(28(5)7-2)48(67)54-34(13-15-42(49)61)40(59)24-31(25-44(51)63)47(66)53-35/h9-12,27-28,30-31,33-37,56H,6-8,13-26H2,1-5H3,(H2,49,61)(H2,50,62)(H2,51,63)(H,52,64)(H,53,66)(H,54,67)(H,55,65)/t28-,30+,31-,33-,34-,35-,36-,37-/m0/s1. The van der Waals surface area contributed by atoms with E-state index in [1.807, 2.05) is 13.8 Å². The topological polar surface area (TPSA) is 368 Å². The van der Waals surface area contributed by atoms with Crippen molar-refractivity contribution in [2.24, 2.45) is 46.8 Å². The largest absolute Gasteiger partial charge is 0.508 e. The van der Waals surface area contributed by atoms with Crippen molar-refractivity contribution in [3.05, 3.63) is 29.8 Å². The van der Waals surface area contributed by atoms with Crippen molar-refractivity contribution < 1.29 is 66.3 Å². The summed E-state index contributed by atoms with van der Waals surface area (Å²) in [6.07, 6.45) is -4.06. The van der Waals surface area contributed by atoms with Crippen LogP contribution in [0.15, 0.2) is 24.3 Å². The van der Waals surface area contributed by atoms with Gasteiger partial charge in [0.1, 0.15) is 5.75 Å². The van der Waals surface area contributed by atoms with Gasteiger partial charge in [0.25, 0.3) is 0 Å². The van der Waals surface area contributed by atoms with Crippen LogP contribution in [-0.2, 0) is 69.0 Å². The monoisotopic (exact) mass is 1000 g/mol. The van der Waals surface area contributed by atoms with Crippen LogP contribution in [0.25, 0.3) is 0 Å². The molecular formula is C48H73N7O14S. The number of aromatic hydroxyl groups is 1. The van der Waals surface area contributed by atoms with Gasteiger partial charge < -0.3 is 43.6 Å². The van der Waals surface area contributed by atoms with Crippen molar-refractivity contribution >= 4 is 74.3 Å². The maximum absolute atomic E-state index is 14.3. The normalized spacial score (nSPS) is 22.3. The minimum absolute atomic E-state index is 0.0664. The van der Waals surface area contributed by atoms with Gasteiger partial charge in [0, 0.05) is 63.2 Å². The number of hydrogen-bond donors (Lipinski definition) is 8. The lowest BCUT2D eigenvalue weighted by atomic mass is 9.84. The van der Waals surface area contributed by atoms with Crippen molar-refractivity contribution in [3.8, 4) is 5.75 Å². The molecule has 1 aromatic rings. The number of sulfone groups is 1. The van der Waals surface area contributed by atoms with Crippen LogP contribution >= 0.6 is 0 Å². The number of carbonyl (C=O) groups is 11. The van der Waals surface area contributed by atoms with Crippen LogP contribution in [-0.4, -0.2) is 114 Å². The maximum Gasteiger partial charge on any atom is 0.224 e. The fourth-order valence-electron chi connectivity index (χ4n) is 8.10. The first-order chi connectivity index (χ1) is 32.7. The third-order valence-corrected chi connectivity index (χ3v) is 14.1. The minimum Gasteiger partial charge on any atom is -0.508 e. The molecule has 11 N–H and O–H groups in total. The summed E-state index contributed by atoms with van der Waals surface area (Å²) < 4.78 is 27.2. The highest BCUT2D eigenvalue weighted by Crippen LogP contribution is 2.24. The summed E-state index contributed by atoms with van der Waals surface area (Å²) >= 11 is 0. The van der Waals surface area contributed by atoms with Gasteiger partial charge in [0.15, 0.2) is 33.0 Å². The average Bonchev–Trinajstić information content (AvgIpc) is 3.27. The molecule has 1 saturated heterocycles. The fourth-order valence-corrected chi connectivity index (χ4v) is 9.40. The van der Waals surface area contributed by atoms with Crippen LogP contribution in [0, 0.1) is 29.6 Å². The van der Waals surface area contributed by atoms with Crippen LogP contribution in [0.1, 0.15) is 130 Å². The van der Waals surface area contributed by atoms with E-state index in [1.54, 1.807) is 20.8 Å². The first-order valence-electron chi connectivity index (χ1n) is 23.9. The maximum atomic E-state index is 14.3. The van der Waals surface area contributed by atoms with Crippen LogP contribution in [0.5, 0.6) is 5.75 Å². The third kappa shape index (κ3) is 21.7. The summed E-state index contributed by atoms with van der Waals surface area (Å²) in [6.45, 7) is 8.82. The molecule has 0 saturated carbocycles. The van der Waals surface area contributed by atoms with Gasteiger partial charge in [0.2, 0.25) is 41.4 Å². The lowest BCUT2D eigenvalue weighted by Crippen LogP contribution is -2.50. The summed E-state index contributed by atoms with van der Waals surface area (Å²) in [4.78, 5) is 147. The van der Waals surface area contributed by atoms with Crippen LogP contribution in [0.3, 0.4) is 0 Å². The second-order valence-electron chi connectivity index (χ2n) is 18.8. The van der Waals surface area contributed by atoms with Crippen molar-refractivity contribution in [1.29, 1.82) is 0 Å². The van der Waals surface area contributed by atoms with Gasteiger partial charge >= 0.3 is 0 Å². The van der Waals surface area contributed by atoms with Gasteiger partial charge in [-0.15, -0.1) is 0 Å². The Morgan fingerprint density at radius 3 is 1.99 bits per heavy atom. The highest BCUT2D eigenvalue weighted by molar-refractivity contribution is 7.91. The van der Waals surface area contributed by atoms with Crippen molar-refractivity contribution in [1.82, 2.24) is 21.3 Å². The second-order valence-corrected chi connectivity index (χ2v) is 21.1. The molecule has 1 aliphatic rings. The Bertz CT molecular complexity index is 2160. The molecule has 7 amide bonds. The number of rotatable bonds is 22. The van der Waals surface area contributed by atoms with E-state index >= 15 is 0 Å². The number of phenolic OH excluding ortho intramolecular Hbond substituents is 1. The molecule has 70 heavy (non-hydrogen) atoms. The van der Waals surface area contributed by atoms with Gasteiger partial charge in [-0.05, 0) is 61.6 Å². The molecule has 0 aliphatic carbocycles. The van der Waals surface area contributed by atoms with E-state index in [-0.39, 0.29) is 50.2 Å². The number of phenols is 1. The molecule has 22 heteroatoms. The van der Waals surface area contributed by atoms with E-state index in [0.29, 0.717) is 18.4 Å². The molecule has 0 unspecified atom stereocenters. The highest BCUT2D eigenvalue weighted by Gasteiger charge is 2.37. The minimum atomic E-state index is -4.22. The average molecular weight is 1000 g/mol. The zero-order valence-corrected chi connectivity index (χ0v) is 41.7. The molecule has 1 fully saturated rings.